The number of nitrogens with zero attached hydrogens (tertiary/aromatic N) is 1. The maximum Gasteiger partial charge on any atom is 0.409 e. The standard InChI is InChI=1S/C21H30N2O2/c22-21(24)25-20-11-5-4-10-19(20)18-12-15-23(16-13-18)14-6-9-17-7-2-1-3-8-17/h4-5,10-12,17H,1-3,6-9,13-16H2,(H2,22,24). The van der Waals surface area contributed by atoms with E-state index in [1.54, 1.807) is 6.07 Å². The number of primary amides is 1. The molecule has 4 heteroatoms. The number of ether oxygens (including phenoxy) is 1. The molecule has 1 aromatic carbocycles. The highest BCUT2D eigenvalue weighted by Crippen LogP contribution is 2.31. The largest absolute Gasteiger partial charge is 0.410 e. The first-order valence-corrected chi connectivity index (χ1v) is 9.70. The van der Waals surface area contributed by atoms with E-state index in [9.17, 15) is 4.79 Å². The Bertz CT molecular complexity index is 606. The van der Waals surface area contributed by atoms with E-state index in [1.807, 2.05) is 18.2 Å². The zero-order valence-electron chi connectivity index (χ0n) is 15.1. The molecule has 1 heterocycles. The molecule has 0 unspecified atom stereocenters. The molecule has 1 aromatic rings. The van der Waals surface area contributed by atoms with Crippen LogP contribution in [-0.2, 0) is 0 Å². The van der Waals surface area contributed by atoms with Gasteiger partial charge in [0.15, 0.2) is 0 Å². The maximum atomic E-state index is 11.1. The van der Waals surface area contributed by atoms with E-state index in [1.165, 1.54) is 57.1 Å². The SMILES string of the molecule is NC(=O)Oc1ccccc1C1=CCN(CCCC2CCCCC2)CC1. The van der Waals surface area contributed by atoms with E-state index in [0.717, 1.165) is 31.0 Å². The zero-order chi connectivity index (χ0) is 17.5. The van der Waals surface area contributed by atoms with Crippen molar-refractivity contribution < 1.29 is 9.53 Å². The van der Waals surface area contributed by atoms with Gasteiger partial charge >= 0.3 is 6.09 Å². The van der Waals surface area contributed by atoms with Crippen LogP contribution in [0.15, 0.2) is 30.3 Å². The summed E-state index contributed by atoms with van der Waals surface area (Å²) in [6, 6.07) is 7.64. The van der Waals surface area contributed by atoms with Gasteiger partial charge in [0.1, 0.15) is 5.75 Å². The summed E-state index contributed by atoms with van der Waals surface area (Å²) in [5.41, 5.74) is 7.41. The summed E-state index contributed by atoms with van der Waals surface area (Å²) in [5, 5.41) is 0. The molecular weight excluding hydrogens is 312 g/mol. The molecule has 4 nitrogen and oxygen atoms in total. The van der Waals surface area contributed by atoms with Crippen molar-refractivity contribution in [1.82, 2.24) is 4.90 Å². The minimum absolute atomic E-state index is 0.562. The third kappa shape index (κ3) is 5.33. The van der Waals surface area contributed by atoms with Crippen LogP contribution in [0.1, 0.15) is 56.9 Å². The summed E-state index contributed by atoms with van der Waals surface area (Å²) in [7, 11) is 0. The van der Waals surface area contributed by atoms with Crippen LogP contribution in [0.25, 0.3) is 5.57 Å². The number of benzene rings is 1. The lowest BCUT2D eigenvalue weighted by atomic mass is 9.86. The van der Waals surface area contributed by atoms with Crippen LogP contribution in [-0.4, -0.2) is 30.6 Å². The summed E-state index contributed by atoms with van der Waals surface area (Å²) in [4.78, 5) is 13.6. The molecule has 136 valence electrons. The number of para-hydroxylation sites is 1. The van der Waals surface area contributed by atoms with Crippen molar-refractivity contribution >= 4 is 11.7 Å². The number of rotatable bonds is 6. The van der Waals surface area contributed by atoms with Gasteiger partial charge in [-0.3, -0.25) is 4.90 Å². The number of amides is 1. The smallest absolute Gasteiger partial charge is 0.409 e. The fourth-order valence-electron chi connectivity index (χ4n) is 4.17. The Kier molecular flexibility index (Phi) is 6.51. The van der Waals surface area contributed by atoms with Gasteiger partial charge in [0.05, 0.1) is 0 Å². The first kappa shape index (κ1) is 18.0. The van der Waals surface area contributed by atoms with Gasteiger partial charge in [-0.1, -0.05) is 56.4 Å². The molecule has 1 aliphatic carbocycles. The molecule has 25 heavy (non-hydrogen) atoms. The Morgan fingerprint density at radius 3 is 2.72 bits per heavy atom. The second-order valence-corrected chi connectivity index (χ2v) is 7.34. The highest BCUT2D eigenvalue weighted by molar-refractivity contribution is 5.75. The van der Waals surface area contributed by atoms with Crippen LogP contribution in [0.3, 0.4) is 0 Å². The van der Waals surface area contributed by atoms with E-state index in [4.69, 9.17) is 10.5 Å². The van der Waals surface area contributed by atoms with Gasteiger partial charge in [-0.15, -0.1) is 0 Å². The molecule has 0 saturated heterocycles. The van der Waals surface area contributed by atoms with E-state index >= 15 is 0 Å². The molecular formula is C21H30N2O2. The van der Waals surface area contributed by atoms with Crippen molar-refractivity contribution in [1.29, 1.82) is 0 Å². The number of nitrogens with two attached hydrogens (primary N) is 1. The molecule has 3 rings (SSSR count). The van der Waals surface area contributed by atoms with Crippen LogP contribution in [0, 0.1) is 5.92 Å². The minimum atomic E-state index is -0.756. The van der Waals surface area contributed by atoms with Crippen molar-refractivity contribution in [3.63, 3.8) is 0 Å². The minimum Gasteiger partial charge on any atom is -0.410 e. The molecule has 0 atom stereocenters. The monoisotopic (exact) mass is 342 g/mol. The van der Waals surface area contributed by atoms with Crippen LogP contribution in [0.5, 0.6) is 5.75 Å². The van der Waals surface area contributed by atoms with E-state index < -0.39 is 6.09 Å². The summed E-state index contributed by atoms with van der Waals surface area (Å²) < 4.78 is 5.14. The van der Waals surface area contributed by atoms with Gasteiger partial charge in [0, 0.05) is 18.7 Å². The summed E-state index contributed by atoms with van der Waals surface area (Å²) >= 11 is 0. The molecule has 2 aliphatic rings. The number of carbonyl (C=O) groups excluding carboxylic acids is 1. The van der Waals surface area contributed by atoms with Crippen molar-refractivity contribution in [2.24, 2.45) is 11.7 Å². The molecule has 0 spiro atoms. The first-order valence-electron chi connectivity index (χ1n) is 9.70. The van der Waals surface area contributed by atoms with Gasteiger partial charge in [-0.2, -0.15) is 0 Å². The molecule has 0 radical (unpaired) electrons. The summed E-state index contributed by atoms with van der Waals surface area (Å²) in [6.45, 7) is 3.24. The van der Waals surface area contributed by atoms with Gasteiger partial charge in [-0.05, 0) is 43.4 Å². The van der Waals surface area contributed by atoms with Crippen molar-refractivity contribution in [2.45, 2.75) is 51.4 Å². The quantitative estimate of drug-likeness (QED) is 0.822. The van der Waals surface area contributed by atoms with Gasteiger partial charge in [0.2, 0.25) is 0 Å². The normalized spacial score (nSPS) is 19.4. The Morgan fingerprint density at radius 1 is 1.20 bits per heavy atom. The predicted octanol–water partition coefficient (Wildman–Crippen LogP) is 4.59. The average molecular weight is 342 g/mol. The van der Waals surface area contributed by atoms with E-state index in [2.05, 4.69) is 11.0 Å². The van der Waals surface area contributed by atoms with Crippen molar-refractivity contribution in [3.8, 4) is 5.75 Å². The average Bonchev–Trinajstić information content (AvgIpc) is 2.63. The van der Waals surface area contributed by atoms with Crippen molar-refractivity contribution in [3.05, 3.63) is 35.9 Å². The highest BCUT2D eigenvalue weighted by atomic mass is 16.5. The van der Waals surface area contributed by atoms with Crippen LogP contribution < -0.4 is 10.5 Å². The molecule has 2 N–H and O–H groups in total. The second-order valence-electron chi connectivity index (χ2n) is 7.34. The molecule has 1 amide bonds. The maximum absolute atomic E-state index is 11.1. The summed E-state index contributed by atoms with van der Waals surface area (Å²) in [6.07, 6.45) is 12.4. The molecule has 1 fully saturated rings. The van der Waals surface area contributed by atoms with E-state index in [0.29, 0.717) is 5.75 Å². The number of carbonyl (C=O) groups is 1. The Morgan fingerprint density at radius 2 is 2.00 bits per heavy atom. The predicted molar refractivity (Wildman–Crippen MR) is 101 cm³/mol. The third-order valence-corrected chi connectivity index (χ3v) is 5.55. The Labute approximate surface area is 151 Å². The van der Waals surface area contributed by atoms with Crippen LogP contribution >= 0.6 is 0 Å². The lowest BCUT2D eigenvalue weighted by Crippen LogP contribution is -2.30. The van der Waals surface area contributed by atoms with Gasteiger partial charge < -0.3 is 10.5 Å². The fourth-order valence-corrected chi connectivity index (χ4v) is 4.17. The molecule has 0 bridgehead atoms. The number of hydrogen-bond donors (Lipinski definition) is 1. The fraction of sp³-hybridized carbons (Fsp3) is 0.571. The van der Waals surface area contributed by atoms with Crippen molar-refractivity contribution in [2.75, 3.05) is 19.6 Å². The lowest BCUT2D eigenvalue weighted by Gasteiger charge is -2.28. The molecule has 1 aliphatic heterocycles. The Hall–Kier alpha value is -1.81. The molecule has 1 saturated carbocycles. The Balaban J connectivity index is 1.50. The lowest BCUT2D eigenvalue weighted by molar-refractivity contribution is 0.210. The highest BCUT2D eigenvalue weighted by Gasteiger charge is 2.17. The molecule has 0 aromatic heterocycles. The zero-order valence-corrected chi connectivity index (χ0v) is 15.1. The van der Waals surface area contributed by atoms with Gasteiger partial charge in [-0.25, -0.2) is 4.79 Å². The first-order chi connectivity index (χ1) is 12.2. The van der Waals surface area contributed by atoms with E-state index in [-0.39, 0.29) is 0 Å². The number of hydrogen-bond acceptors (Lipinski definition) is 3. The summed E-state index contributed by atoms with van der Waals surface area (Å²) in [5.74, 6) is 1.54. The van der Waals surface area contributed by atoms with Gasteiger partial charge in [0.25, 0.3) is 0 Å². The second kappa shape index (κ2) is 9.04. The van der Waals surface area contributed by atoms with Crippen LogP contribution in [0.2, 0.25) is 0 Å². The van der Waals surface area contributed by atoms with Crippen LogP contribution in [0.4, 0.5) is 4.79 Å². The third-order valence-electron chi connectivity index (χ3n) is 5.55. The topological polar surface area (TPSA) is 55.6 Å².